The number of carbonyl (C=O) groups excluding carboxylic acids is 1. The zero-order valence-electron chi connectivity index (χ0n) is 8.34. The molecule has 0 radical (unpaired) electrons. The third kappa shape index (κ3) is 3.19. The lowest BCUT2D eigenvalue weighted by Gasteiger charge is -2.32. The van der Waals surface area contributed by atoms with E-state index in [-0.39, 0.29) is 18.1 Å². The summed E-state index contributed by atoms with van der Waals surface area (Å²) in [4.78, 5) is 23.0. The maximum atomic E-state index is 11.4. The Kier molecular flexibility index (Phi) is 3.33. The first-order chi connectivity index (χ1) is 6.82. The standard InChI is InChI=1S/C8H13NO5S/c1-6-5-15(13,14)3-2-9(6)7(10)4-8(11)12/h6H,2-5H2,1H3,(H,11,12). The number of carboxylic acids is 1. The zero-order valence-corrected chi connectivity index (χ0v) is 9.16. The fraction of sp³-hybridized carbons (Fsp3) is 0.750. The predicted octanol–water partition coefficient (Wildman–Crippen LogP) is -0.893. The number of hydrogen-bond acceptors (Lipinski definition) is 4. The van der Waals surface area contributed by atoms with Crippen molar-refractivity contribution in [2.75, 3.05) is 18.1 Å². The summed E-state index contributed by atoms with van der Waals surface area (Å²) in [6.07, 6.45) is -0.579. The smallest absolute Gasteiger partial charge is 0.312 e. The van der Waals surface area contributed by atoms with Crippen LogP contribution in [0.25, 0.3) is 0 Å². The SMILES string of the molecule is CC1CS(=O)(=O)CCN1C(=O)CC(=O)O. The molecule has 0 aliphatic carbocycles. The lowest BCUT2D eigenvalue weighted by molar-refractivity contribution is -0.144. The molecule has 1 amide bonds. The van der Waals surface area contributed by atoms with Gasteiger partial charge in [-0.1, -0.05) is 0 Å². The lowest BCUT2D eigenvalue weighted by atomic mass is 10.2. The van der Waals surface area contributed by atoms with Crippen LogP contribution in [0.15, 0.2) is 0 Å². The van der Waals surface area contributed by atoms with E-state index in [4.69, 9.17) is 5.11 Å². The molecular formula is C8H13NO5S. The van der Waals surface area contributed by atoms with Gasteiger partial charge in [0.2, 0.25) is 5.91 Å². The van der Waals surface area contributed by atoms with Crippen molar-refractivity contribution in [2.24, 2.45) is 0 Å². The summed E-state index contributed by atoms with van der Waals surface area (Å²) in [6, 6.07) is -0.435. The maximum Gasteiger partial charge on any atom is 0.312 e. The van der Waals surface area contributed by atoms with E-state index in [1.54, 1.807) is 6.92 Å². The van der Waals surface area contributed by atoms with Crippen molar-refractivity contribution in [1.29, 1.82) is 0 Å². The van der Waals surface area contributed by atoms with E-state index in [1.807, 2.05) is 0 Å². The minimum atomic E-state index is -3.07. The Labute approximate surface area is 87.8 Å². The Morgan fingerprint density at radius 2 is 2.07 bits per heavy atom. The largest absolute Gasteiger partial charge is 0.481 e. The summed E-state index contributed by atoms with van der Waals surface area (Å²) in [5.41, 5.74) is 0. The average molecular weight is 235 g/mol. The summed E-state index contributed by atoms with van der Waals surface area (Å²) in [7, 11) is -3.07. The first kappa shape index (κ1) is 12.0. The highest BCUT2D eigenvalue weighted by Crippen LogP contribution is 2.12. The van der Waals surface area contributed by atoms with Crippen LogP contribution in [0.2, 0.25) is 0 Å². The number of rotatable bonds is 2. The van der Waals surface area contributed by atoms with E-state index in [1.165, 1.54) is 4.90 Å². The number of carboxylic acid groups (broad SMARTS) is 1. The number of amides is 1. The highest BCUT2D eigenvalue weighted by Gasteiger charge is 2.31. The average Bonchev–Trinajstić information content (AvgIpc) is 1.99. The first-order valence-corrected chi connectivity index (χ1v) is 6.35. The Hall–Kier alpha value is -1.11. The van der Waals surface area contributed by atoms with Crippen LogP contribution in [0.5, 0.6) is 0 Å². The third-order valence-electron chi connectivity index (χ3n) is 2.29. The van der Waals surface area contributed by atoms with Gasteiger partial charge in [0, 0.05) is 12.6 Å². The Morgan fingerprint density at radius 1 is 1.47 bits per heavy atom. The molecule has 1 unspecified atom stereocenters. The highest BCUT2D eigenvalue weighted by atomic mass is 32.2. The quantitative estimate of drug-likeness (QED) is 0.627. The van der Waals surface area contributed by atoms with E-state index < -0.39 is 34.2 Å². The van der Waals surface area contributed by atoms with Gasteiger partial charge in [0.15, 0.2) is 9.84 Å². The third-order valence-corrected chi connectivity index (χ3v) is 4.09. The molecule has 0 spiro atoms. The molecule has 0 aromatic heterocycles. The molecule has 1 aliphatic heterocycles. The predicted molar refractivity (Wildman–Crippen MR) is 52.1 cm³/mol. The van der Waals surface area contributed by atoms with Crippen molar-refractivity contribution >= 4 is 21.7 Å². The Morgan fingerprint density at radius 3 is 2.53 bits per heavy atom. The van der Waals surface area contributed by atoms with Crippen LogP contribution in [-0.2, 0) is 19.4 Å². The van der Waals surface area contributed by atoms with Crippen molar-refractivity contribution in [2.45, 2.75) is 19.4 Å². The van der Waals surface area contributed by atoms with E-state index in [0.29, 0.717) is 0 Å². The summed E-state index contributed by atoms with van der Waals surface area (Å²) in [6.45, 7) is 1.70. The van der Waals surface area contributed by atoms with E-state index in [9.17, 15) is 18.0 Å². The summed E-state index contributed by atoms with van der Waals surface area (Å²) in [5, 5.41) is 8.44. The maximum absolute atomic E-state index is 11.4. The molecule has 0 aromatic rings. The van der Waals surface area contributed by atoms with Gasteiger partial charge in [0.1, 0.15) is 6.42 Å². The number of aliphatic carboxylic acids is 1. The minimum Gasteiger partial charge on any atom is -0.481 e. The van der Waals surface area contributed by atoms with Gasteiger partial charge in [0.05, 0.1) is 11.5 Å². The molecule has 86 valence electrons. The van der Waals surface area contributed by atoms with Gasteiger partial charge < -0.3 is 10.0 Å². The fourth-order valence-corrected chi connectivity index (χ4v) is 3.16. The molecule has 1 atom stereocenters. The van der Waals surface area contributed by atoms with Crippen LogP contribution >= 0.6 is 0 Å². The lowest BCUT2D eigenvalue weighted by Crippen LogP contribution is -2.50. The van der Waals surface area contributed by atoms with Crippen LogP contribution in [0, 0.1) is 0 Å². The topological polar surface area (TPSA) is 91.8 Å². The molecule has 1 N–H and O–H groups in total. The number of carbonyl (C=O) groups is 2. The first-order valence-electron chi connectivity index (χ1n) is 4.53. The molecule has 15 heavy (non-hydrogen) atoms. The van der Waals surface area contributed by atoms with Crippen molar-refractivity contribution in [3.63, 3.8) is 0 Å². The minimum absolute atomic E-state index is 0.0807. The normalized spacial score (nSPS) is 24.9. The molecule has 7 heteroatoms. The van der Waals surface area contributed by atoms with Crippen molar-refractivity contribution in [3.8, 4) is 0 Å². The van der Waals surface area contributed by atoms with Crippen LogP contribution in [0.3, 0.4) is 0 Å². The van der Waals surface area contributed by atoms with Crippen molar-refractivity contribution < 1.29 is 23.1 Å². The van der Waals surface area contributed by atoms with Crippen LogP contribution in [-0.4, -0.2) is 54.4 Å². The van der Waals surface area contributed by atoms with Gasteiger partial charge in [-0.15, -0.1) is 0 Å². The van der Waals surface area contributed by atoms with Crippen molar-refractivity contribution in [1.82, 2.24) is 4.90 Å². The van der Waals surface area contributed by atoms with Gasteiger partial charge >= 0.3 is 5.97 Å². The zero-order chi connectivity index (χ0) is 11.6. The Balaban J connectivity index is 2.66. The molecule has 0 saturated carbocycles. The van der Waals surface area contributed by atoms with Crippen LogP contribution < -0.4 is 0 Å². The molecule has 1 aliphatic rings. The number of sulfone groups is 1. The highest BCUT2D eigenvalue weighted by molar-refractivity contribution is 7.91. The van der Waals surface area contributed by atoms with Gasteiger partial charge in [-0.25, -0.2) is 8.42 Å². The van der Waals surface area contributed by atoms with Crippen LogP contribution in [0.4, 0.5) is 0 Å². The summed E-state index contributed by atoms with van der Waals surface area (Å²) in [5.74, 6) is -1.88. The van der Waals surface area contributed by atoms with Gasteiger partial charge in [-0.3, -0.25) is 9.59 Å². The molecule has 1 saturated heterocycles. The van der Waals surface area contributed by atoms with Gasteiger partial charge in [0.25, 0.3) is 0 Å². The Bertz CT molecular complexity index is 374. The molecule has 0 aromatic carbocycles. The van der Waals surface area contributed by atoms with E-state index >= 15 is 0 Å². The number of hydrogen-bond donors (Lipinski definition) is 1. The molecule has 0 bridgehead atoms. The molecule has 1 heterocycles. The second-order valence-electron chi connectivity index (χ2n) is 3.62. The second-order valence-corrected chi connectivity index (χ2v) is 5.85. The second kappa shape index (κ2) is 4.18. The molecule has 1 fully saturated rings. The summed E-state index contributed by atoms with van der Waals surface area (Å²) >= 11 is 0. The molecule has 1 rings (SSSR count). The van der Waals surface area contributed by atoms with E-state index in [2.05, 4.69) is 0 Å². The van der Waals surface area contributed by atoms with Gasteiger partial charge in [-0.05, 0) is 6.92 Å². The monoisotopic (exact) mass is 235 g/mol. The van der Waals surface area contributed by atoms with Crippen LogP contribution in [0.1, 0.15) is 13.3 Å². The molecular weight excluding hydrogens is 222 g/mol. The summed E-state index contributed by atoms with van der Waals surface area (Å²) < 4.78 is 22.4. The van der Waals surface area contributed by atoms with Gasteiger partial charge in [-0.2, -0.15) is 0 Å². The number of nitrogens with zero attached hydrogens (tertiary/aromatic N) is 1. The fourth-order valence-electron chi connectivity index (χ4n) is 1.60. The van der Waals surface area contributed by atoms with E-state index in [0.717, 1.165) is 0 Å². The van der Waals surface area contributed by atoms with Crippen molar-refractivity contribution in [3.05, 3.63) is 0 Å². The molecule has 6 nitrogen and oxygen atoms in total.